The summed E-state index contributed by atoms with van der Waals surface area (Å²) >= 11 is 0. The Morgan fingerprint density at radius 1 is 1.00 bits per heavy atom. The minimum Gasteiger partial charge on any atom is -0.356 e. The predicted octanol–water partition coefficient (Wildman–Crippen LogP) is 3.82. The Bertz CT molecular complexity index is 918. The topological polar surface area (TPSA) is 46.3 Å². The Hall–Kier alpha value is -3.02. The van der Waals surface area contributed by atoms with Gasteiger partial charge in [-0.15, -0.1) is 0 Å². The van der Waals surface area contributed by atoms with Crippen LogP contribution in [-0.4, -0.2) is 22.5 Å². The fourth-order valence-electron chi connectivity index (χ4n) is 3.01. The van der Waals surface area contributed by atoms with Gasteiger partial charge in [0.05, 0.1) is 6.54 Å². The molecule has 0 saturated carbocycles. The average molecular weight is 340 g/mol. The van der Waals surface area contributed by atoms with Crippen molar-refractivity contribution in [2.24, 2.45) is 0 Å². The van der Waals surface area contributed by atoms with E-state index in [2.05, 4.69) is 5.16 Å². The second kappa shape index (κ2) is 6.12. The number of hydrogen-bond donors (Lipinski definition) is 0. The van der Waals surface area contributed by atoms with Gasteiger partial charge in [0.2, 0.25) is 0 Å². The Labute approximate surface area is 142 Å². The van der Waals surface area contributed by atoms with Gasteiger partial charge in [-0.1, -0.05) is 5.16 Å². The number of amides is 1. The van der Waals surface area contributed by atoms with Crippen molar-refractivity contribution in [3.63, 3.8) is 0 Å². The summed E-state index contributed by atoms with van der Waals surface area (Å²) in [5.74, 6) is -0.244. The number of aromatic nitrogens is 1. The van der Waals surface area contributed by atoms with Crippen LogP contribution in [0.4, 0.5) is 8.78 Å². The summed E-state index contributed by atoms with van der Waals surface area (Å²) in [5, 5.41) is 4.07. The third kappa shape index (κ3) is 2.91. The Kier molecular flexibility index (Phi) is 3.80. The van der Waals surface area contributed by atoms with Crippen molar-refractivity contribution < 1.29 is 18.1 Å². The molecule has 2 aromatic carbocycles. The van der Waals surface area contributed by atoms with Gasteiger partial charge in [0.15, 0.2) is 5.76 Å². The molecule has 0 fully saturated rings. The maximum Gasteiger partial charge on any atom is 0.254 e. The van der Waals surface area contributed by atoms with Crippen LogP contribution in [0.15, 0.2) is 53.1 Å². The first-order valence-corrected chi connectivity index (χ1v) is 7.90. The lowest BCUT2D eigenvalue weighted by Gasteiger charge is -2.26. The Morgan fingerprint density at radius 3 is 2.32 bits per heavy atom. The molecule has 1 amide bonds. The summed E-state index contributed by atoms with van der Waals surface area (Å²) in [6, 6.07) is 11.5. The van der Waals surface area contributed by atoms with E-state index in [1.807, 2.05) is 0 Å². The molecule has 1 aromatic heterocycles. The van der Waals surface area contributed by atoms with Crippen molar-refractivity contribution in [2.75, 3.05) is 6.54 Å². The molecule has 6 heteroatoms. The van der Waals surface area contributed by atoms with E-state index in [0.29, 0.717) is 36.5 Å². The van der Waals surface area contributed by atoms with Gasteiger partial charge in [0, 0.05) is 23.2 Å². The van der Waals surface area contributed by atoms with Gasteiger partial charge in [-0.25, -0.2) is 8.78 Å². The van der Waals surface area contributed by atoms with Crippen LogP contribution in [0.25, 0.3) is 11.3 Å². The average Bonchev–Trinajstić information content (AvgIpc) is 3.05. The largest absolute Gasteiger partial charge is 0.356 e. The normalized spacial score (nSPS) is 13.6. The van der Waals surface area contributed by atoms with Gasteiger partial charge in [-0.05, 0) is 55.0 Å². The van der Waals surface area contributed by atoms with Crippen molar-refractivity contribution >= 4 is 5.91 Å². The number of fused-ring (bicyclic) bond motifs is 1. The van der Waals surface area contributed by atoms with Crippen LogP contribution in [0.5, 0.6) is 0 Å². The van der Waals surface area contributed by atoms with E-state index >= 15 is 0 Å². The molecule has 0 bridgehead atoms. The molecule has 0 atom stereocenters. The van der Waals surface area contributed by atoms with E-state index < -0.39 is 0 Å². The molecule has 25 heavy (non-hydrogen) atoms. The first kappa shape index (κ1) is 15.5. The molecule has 1 aliphatic heterocycles. The number of halogens is 2. The fourth-order valence-corrected chi connectivity index (χ4v) is 3.01. The zero-order valence-corrected chi connectivity index (χ0v) is 13.2. The zero-order chi connectivity index (χ0) is 17.4. The van der Waals surface area contributed by atoms with E-state index in [-0.39, 0.29) is 17.5 Å². The van der Waals surface area contributed by atoms with Crippen LogP contribution < -0.4 is 0 Å². The molecule has 0 N–H and O–H groups in total. The molecular formula is C19H14F2N2O2. The van der Waals surface area contributed by atoms with Crippen molar-refractivity contribution in [3.05, 3.63) is 77.0 Å². The summed E-state index contributed by atoms with van der Waals surface area (Å²) in [6.07, 6.45) is 0.596. The number of carbonyl (C=O) groups is 1. The second-order valence-electron chi connectivity index (χ2n) is 5.93. The monoisotopic (exact) mass is 340 g/mol. The smallest absolute Gasteiger partial charge is 0.254 e. The molecule has 0 radical (unpaired) electrons. The summed E-state index contributed by atoms with van der Waals surface area (Å²) in [5.41, 5.74) is 2.83. The summed E-state index contributed by atoms with van der Waals surface area (Å²) in [4.78, 5) is 14.2. The molecule has 4 nitrogen and oxygen atoms in total. The van der Waals surface area contributed by atoms with Gasteiger partial charge in [-0.3, -0.25) is 4.79 Å². The fraction of sp³-hybridized carbons (Fsp3) is 0.158. The van der Waals surface area contributed by atoms with Crippen molar-refractivity contribution in [3.8, 4) is 11.3 Å². The highest BCUT2D eigenvalue weighted by atomic mass is 19.1. The first-order valence-electron chi connectivity index (χ1n) is 7.90. The summed E-state index contributed by atoms with van der Waals surface area (Å²) in [6.45, 7) is 0.842. The third-order valence-electron chi connectivity index (χ3n) is 4.33. The van der Waals surface area contributed by atoms with Gasteiger partial charge in [0.1, 0.15) is 17.3 Å². The third-order valence-corrected chi connectivity index (χ3v) is 4.33. The van der Waals surface area contributed by atoms with Gasteiger partial charge in [-0.2, -0.15) is 0 Å². The number of nitrogens with zero attached hydrogens (tertiary/aromatic N) is 2. The highest BCUT2D eigenvalue weighted by molar-refractivity contribution is 5.94. The second-order valence-corrected chi connectivity index (χ2v) is 5.93. The lowest BCUT2D eigenvalue weighted by atomic mass is 10.00. The van der Waals surface area contributed by atoms with E-state index in [1.165, 1.54) is 36.4 Å². The van der Waals surface area contributed by atoms with E-state index in [1.54, 1.807) is 17.0 Å². The summed E-state index contributed by atoms with van der Waals surface area (Å²) < 4.78 is 31.5. The van der Waals surface area contributed by atoms with Crippen LogP contribution in [0, 0.1) is 11.6 Å². The zero-order valence-electron chi connectivity index (χ0n) is 13.2. The molecule has 0 spiro atoms. The minimum absolute atomic E-state index is 0.169. The lowest BCUT2D eigenvalue weighted by Crippen LogP contribution is -2.35. The maximum atomic E-state index is 13.1. The molecule has 4 rings (SSSR count). The number of rotatable bonds is 2. The van der Waals surface area contributed by atoms with Crippen LogP contribution in [0.1, 0.15) is 21.6 Å². The van der Waals surface area contributed by atoms with Crippen LogP contribution in [0.2, 0.25) is 0 Å². The Morgan fingerprint density at radius 2 is 1.64 bits per heavy atom. The van der Waals surface area contributed by atoms with E-state index in [4.69, 9.17) is 4.52 Å². The molecule has 0 aliphatic carbocycles. The lowest BCUT2D eigenvalue weighted by molar-refractivity contribution is 0.0731. The van der Waals surface area contributed by atoms with Crippen molar-refractivity contribution in [2.45, 2.75) is 13.0 Å². The van der Waals surface area contributed by atoms with E-state index in [9.17, 15) is 13.6 Å². The van der Waals surface area contributed by atoms with Crippen LogP contribution >= 0.6 is 0 Å². The highest BCUT2D eigenvalue weighted by Gasteiger charge is 2.27. The molecule has 0 saturated heterocycles. The molecule has 1 aliphatic rings. The quantitative estimate of drug-likeness (QED) is 0.712. The van der Waals surface area contributed by atoms with Crippen molar-refractivity contribution in [1.29, 1.82) is 0 Å². The van der Waals surface area contributed by atoms with Crippen LogP contribution in [-0.2, 0) is 13.0 Å². The number of benzene rings is 2. The van der Waals surface area contributed by atoms with Crippen molar-refractivity contribution in [1.82, 2.24) is 10.1 Å². The van der Waals surface area contributed by atoms with E-state index in [0.717, 1.165) is 11.1 Å². The first-order chi connectivity index (χ1) is 12.1. The van der Waals surface area contributed by atoms with Gasteiger partial charge in [0.25, 0.3) is 5.91 Å². The Balaban J connectivity index is 1.57. The number of hydrogen-bond acceptors (Lipinski definition) is 3. The summed E-state index contributed by atoms with van der Waals surface area (Å²) in [7, 11) is 0. The molecule has 0 unspecified atom stereocenters. The van der Waals surface area contributed by atoms with Gasteiger partial charge < -0.3 is 9.42 Å². The standard InChI is InChI=1S/C19H14F2N2O2/c20-14-5-1-12(2-6-14)18-16-9-10-23(11-17(16)22-25-18)19(24)13-3-7-15(21)8-4-13/h1-8H,9-11H2. The molecule has 2 heterocycles. The molecule has 126 valence electrons. The SMILES string of the molecule is O=C(c1ccc(F)cc1)N1CCc2c(noc2-c2ccc(F)cc2)C1. The molecule has 3 aromatic rings. The van der Waals surface area contributed by atoms with Gasteiger partial charge >= 0.3 is 0 Å². The highest BCUT2D eigenvalue weighted by Crippen LogP contribution is 2.30. The molecular weight excluding hydrogens is 326 g/mol. The van der Waals surface area contributed by atoms with Crippen LogP contribution in [0.3, 0.4) is 0 Å². The minimum atomic E-state index is -0.377. The predicted molar refractivity (Wildman–Crippen MR) is 86.7 cm³/mol. The number of carbonyl (C=O) groups excluding carboxylic acids is 1. The maximum absolute atomic E-state index is 13.1.